The largest absolute Gasteiger partial charge is 0.350 e. The van der Waals surface area contributed by atoms with Crippen LogP contribution in [0.1, 0.15) is 38.2 Å². The molecule has 0 saturated heterocycles. The van der Waals surface area contributed by atoms with Crippen molar-refractivity contribution in [1.82, 2.24) is 14.5 Å². The zero-order valence-corrected chi connectivity index (χ0v) is 13.3. The van der Waals surface area contributed by atoms with Gasteiger partial charge in [-0.15, -0.1) is 0 Å². The molecular weight excluding hydrogens is 282 g/mol. The molecule has 0 radical (unpaired) electrons. The molecule has 120 valence electrons. The van der Waals surface area contributed by atoms with Gasteiger partial charge in [0.1, 0.15) is 0 Å². The Bertz CT molecular complexity index is 700. The minimum Gasteiger partial charge on any atom is -0.350 e. The molecule has 1 aliphatic carbocycles. The highest BCUT2D eigenvalue weighted by Crippen LogP contribution is 2.23. The Balaban J connectivity index is 2.07. The van der Waals surface area contributed by atoms with E-state index in [9.17, 15) is 14.4 Å². The number of carbonyl (C=O) groups is 1. The van der Waals surface area contributed by atoms with E-state index in [0.717, 1.165) is 23.8 Å². The lowest BCUT2D eigenvalue weighted by Gasteiger charge is -2.26. The van der Waals surface area contributed by atoms with Crippen LogP contribution in [-0.4, -0.2) is 21.1 Å². The quantitative estimate of drug-likeness (QED) is 0.839. The molecule has 1 saturated carbocycles. The van der Waals surface area contributed by atoms with Crippen molar-refractivity contribution in [3.05, 3.63) is 38.7 Å². The average molecular weight is 305 g/mol. The van der Waals surface area contributed by atoms with Gasteiger partial charge in [-0.3, -0.25) is 14.2 Å². The first-order valence-corrected chi connectivity index (χ1v) is 7.63. The molecule has 22 heavy (non-hydrogen) atoms. The minimum absolute atomic E-state index is 0.199. The molecule has 0 spiro atoms. The van der Waals surface area contributed by atoms with E-state index in [1.807, 2.05) is 0 Å². The molecule has 2 unspecified atom stereocenters. The lowest BCUT2D eigenvalue weighted by molar-refractivity contribution is -0.117. The number of carbonyl (C=O) groups excluding carboxylic acids is 1. The van der Waals surface area contributed by atoms with Crippen LogP contribution in [0.25, 0.3) is 6.08 Å². The van der Waals surface area contributed by atoms with E-state index >= 15 is 0 Å². The van der Waals surface area contributed by atoms with Gasteiger partial charge in [0.15, 0.2) is 0 Å². The van der Waals surface area contributed by atoms with Crippen LogP contribution >= 0.6 is 0 Å². The van der Waals surface area contributed by atoms with Gasteiger partial charge in [0, 0.05) is 32.4 Å². The maximum Gasteiger partial charge on any atom is 0.330 e. The first-order valence-electron chi connectivity index (χ1n) is 7.63. The maximum atomic E-state index is 12.0. The van der Waals surface area contributed by atoms with Crippen molar-refractivity contribution in [2.45, 2.75) is 38.6 Å². The SMILES string of the molecule is CC1CCCC(NC(=O)/C=C/c2cn(C)c(=O)n(C)c2=O)C1. The number of nitrogens with zero attached hydrogens (tertiary/aromatic N) is 2. The van der Waals surface area contributed by atoms with Crippen LogP contribution in [0.15, 0.2) is 21.9 Å². The summed E-state index contributed by atoms with van der Waals surface area (Å²) in [6, 6.07) is 0.212. The lowest BCUT2D eigenvalue weighted by Crippen LogP contribution is -2.38. The molecule has 0 aliphatic heterocycles. The van der Waals surface area contributed by atoms with Crippen molar-refractivity contribution in [3.63, 3.8) is 0 Å². The van der Waals surface area contributed by atoms with Crippen LogP contribution in [0, 0.1) is 5.92 Å². The Labute approximate surface area is 129 Å². The molecule has 0 bridgehead atoms. The van der Waals surface area contributed by atoms with E-state index in [4.69, 9.17) is 0 Å². The summed E-state index contributed by atoms with van der Waals surface area (Å²) in [5.74, 6) is 0.439. The normalized spacial score (nSPS) is 22.0. The van der Waals surface area contributed by atoms with Gasteiger partial charge >= 0.3 is 5.69 Å². The fourth-order valence-corrected chi connectivity index (χ4v) is 2.93. The minimum atomic E-state index is -0.404. The first-order chi connectivity index (χ1) is 10.4. The number of hydrogen-bond donors (Lipinski definition) is 1. The summed E-state index contributed by atoms with van der Waals surface area (Å²) >= 11 is 0. The van der Waals surface area contributed by atoms with Crippen molar-refractivity contribution in [2.75, 3.05) is 0 Å². The zero-order valence-electron chi connectivity index (χ0n) is 13.3. The Hall–Kier alpha value is -2.11. The summed E-state index contributed by atoms with van der Waals surface area (Å²) in [5.41, 5.74) is -0.474. The average Bonchev–Trinajstić information content (AvgIpc) is 2.47. The van der Waals surface area contributed by atoms with Gasteiger partial charge in [0.25, 0.3) is 5.56 Å². The molecule has 6 nitrogen and oxygen atoms in total. The topological polar surface area (TPSA) is 73.1 Å². The van der Waals surface area contributed by atoms with Crippen LogP contribution in [0.4, 0.5) is 0 Å². The third-order valence-corrected chi connectivity index (χ3v) is 4.17. The van der Waals surface area contributed by atoms with Gasteiger partial charge in [0.05, 0.1) is 5.56 Å². The number of aromatic nitrogens is 2. The van der Waals surface area contributed by atoms with Crippen molar-refractivity contribution >= 4 is 12.0 Å². The van der Waals surface area contributed by atoms with Gasteiger partial charge in [-0.1, -0.05) is 19.8 Å². The summed E-state index contributed by atoms with van der Waals surface area (Å²) in [6.07, 6.45) is 8.63. The third kappa shape index (κ3) is 3.75. The Kier molecular flexibility index (Phi) is 5.00. The van der Waals surface area contributed by atoms with Crippen LogP contribution < -0.4 is 16.6 Å². The van der Waals surface area contributed by atoms with E-state index in [-0.39, 0.29) is 17.6 Å². The van der Waals surface area contributed by atoms with Crippen molar-refractivity contribution in [3.8, 4) is 0 Å². The second kappa shape index (κ2) is 6.77. The number of hydrogen-bond acceptors (Lipinski definition) is 3. The number of aryl methyl sites for hydroxylation is 1. The highest BCUT2D eigenvalue weighted by atomic mass is 16.2. The highest BCUT2D eigenvalue weighted by molar-refractivity contribution is 5.91. The predicted octanol–water partition coefficient (Wildman–Crippen LogP) is 0.792. The van der Waals surface area contributed by atoms with Crippen LogP contribution in [0.5, 0.6) is 0 Å². The third-order valence-electron chi connectivity index (χ3n) is 4.17. The monoisotopic (exact) mass is 305 g/mol. The number of rotatable bonds is 3. The summed E-state index contributed by atoms with van der Waals surface area (Å²) < 4.78 is 2.35. The Morgan fingerprint density at radius 2 is 2.05 bits per heavy atom. The molecule has 1 fully saturated rings. The summed E-state index contributed by atoms with van der Waals surface area (Å²) in [6.45, 7) is 2.20. The van der Waals surface area contributed by atoms with Gasteiger partial charge < -0.3 is 9.88 Å². The molecule has 1 heterocycles. The second-order valence-corrected chi connectivity index (χ2v) is 6.15. The molecule has 1 N–H and O–H groups in total. The van der Waals surface area contributed by atoms with Gasteiger partial charge in [-0.05, 0) is 24.8 Å². The maximum absolute atomic E-state index is 12.0. The van der Waals surface area contributed by atoms with Crippen molar-refractivity contribution in [1.29, 1.82) is 0 Å². The Morgan fingerprint density at radius 3 is 2.73 bits per heavy atom. The standard InChI is InChI=1S/C16H23N3O3/c1-11-5-4-6-13(9-11)17-14(20)8-7-12-10-18(2)16(22)19(3)15(12)21/h7-8,10-11,13H,4-6,9H2,1-3H3,(H,17,20)/b8-7+. The van der Waals surface area contributed by atoms with Crippen molar-refractivity contribution in [2.24, 2.45) is 20.0 Å². The lowest BCUT2D eigenvalue weighted by atomic mass is 9.87. The summed E-state index contributed by atoms with van der Waals surface area (Å²) in [7, 11) is 2.99. The number of nitrogens with one attached hydrogen (secondary N) is 1. The fourth-order valence-electron chi connectivity index (χ4n) is 2.93. The van der Waals surface area contributed by atoms with E-state index in [1.165, 1.54) is 36.4 Å². The number of amides is 1. The molecule has 1 aromatic rings. The van der Waals surface area contributed by atoms with E-state index in [1.54, 1.807) is 7.05 Å². The predicted molar refractivity (Wildman–Crippen MR) is 85.5 cm³/mol. The van der Waals surface area contributed by atoms with Crippen LogP contribution in [-0.2, 0) is 18.9 Å². The van der Waals surface area contributed by atoms with E-state index in [2.05, 4.69) is 12.2 Å². The zero-order chi connectivity index (χ0) is 16.3. The molecule has 1 amide bonds. The fraction of sp³-hybridized carbons (Fsp3) is 0.562. The van der Waals surface area contributed by atoms with Gasteiger partial charge in [0.2, 0.25) is 5.91 Å². The molecule has 1 aliphatic rings. The van der Waals surface area contributed by atoms with Crippen LogP contribution in [0.2, 0.25) is 0 Å². The van der Waals surface area contributed by atoms with E-state index < -0.39 is 5.56 Å². The molecule has 2 rings (SSSR count). The first kappa shape index (κ1) is 16.3. The van der Waals surface area contributed by atoms with Crippen molar-refractivity contribution < 1.29 is 4.79 Å². The molecular formula is C16H23N3O3. The highest BCUT2D eigenvalue weighted by Gasteiger charge is 2.19. The van der Waals surface area contributed by atoms with E-state index in [0.29, 0.717) is 11.5 Å². The molecule has 0 aromatic carbocycles. The summed E-state index contributed by atoms with van der Waals surface area (Å²) in [5, 5.41) is 2.98. The molecule has 1 aromatic heterocycles. The second-order valence-electron chi connectivity index (χ2n) is 6.15. The van der Waals surface area contributed by atoms with Gasteiger partial charge in [-0.2, -0.15) is 0 Å². The van der Waals surface area contributed by atoms with Crippen LogP contribution in [0.3, 0.4) is 0 Å². The molecule has 6 heteroatoms. The molecule has 2 atom stereocenters. The smallest absolute Gasteiger partial charge is 0.330 e. The summed E-state index contributed by atoms with van der Waals surface area (Å²) in [4.78, 5) is 35.5. The van der Waals surface area contributed by atoms with Gasteiger partial charge in [-0.25, -0.2) is 4.79 Å². The Morgan fingerprint density at radius 1 is 1.32 bits per heavy atom.